The van der Waals surface area contributed by atoms with Gasteiger partial charge < -0.3 is 5.32 Å². The Labute approximate surface area is 116 Å². The number of rotatable bonds is 4. The molecular formula is C14H27N5. The van der Waals surface area contributed by atoms with Crippen LogP contribution < -0.4 is 5.32 Å². The van der Waals surface area contributed by atoms with Crippen LogP contribution in [0.3, 0.4) is 0 Å². The molecule has 1 saturated heterocycles. The lowest BCUT2D eigenvalue weighted by molar-refractivity contribution is 0.168. The van der Waals surface area contributed by atoms with E-state index in [9.17, 15) is 0 Å². The number of piperidine rings is 1. The minimum atomic E-state index is 0.233. The number of nitrogens with one attached hydrogen (secondary N) is 1. The van der Waals surface area contributed by atoms with Crippen LogP contribution in [0.5, 0.6) is 0 Å². The van der Waals surface area contributed by atoms with E-state index < -0.39 is 0 Å². The zero-order valence-electron chi connectivity index (χ0n) is 12.7. The molecule has 0 saturated carbocycles. The second kappa shape index (κ2) is 6.01. The van der Waals surface area contributed by atoms with Gasteiger partial charge in [-0.25, -0.2) is 0 Å². The molecule has 0 radical (unpaired) electrons. The molecule has 108 valence electrons. The van der Waals surface area contributed by atoms with E-state index in [1.165, 1.54) is 25.9 Å². The average molecular weight is 265 g/mol. The van der Waals surface area contributed by atoms with Crippen molar-refractivity contribution in [2.45, 2.75) is 45.7 Å². The molecule has 1 fully saturated rings. The second-order valence-electron chi connectivity index (χ2n) is 6.73. The highest BCUT2D eigenvalue weighted by Crippen LogP contribution is 2.18. The van der Waals surface area contributed by atoms with E-state index in [-0.39, 0.29) is 5.54 Å². The predicted octanol–water partition coefficient (Wildman–Crippen LogP) is 1.42. The summed E-state index contributed by atoms with van der Waals surface area (Å²) in [5.41, 5.74) is 1.31. The zero-order valence-corrected chi connectivity index (χ0v) is 12.7. The van der Waals surface area contributed by atoms with Gasteiger partial charge in [-0.15, -0.1) is 5.10 Å². The molecule has 19 heavy (non-hydrogen) atoms. The first kappa shape index (κ1) is 14.5. The fourth-order valence-corrected chi connectivity index (χ4v) is 2.50. The fourth-order valence-electron chi connectivity index (χ4n) is 2.50. The van der Waals surface area contributed by atoms with Gasteiger partial charge in [0.25, 0.3) is 0 Å². The van der Waals surface area contributed by atoms with Crippen LogP contribution in [0.15, 0.2) is 6.20 Å². The number of aryl methyl sites for hydroxylation is 1. The van der Waals surface area contributed by atoms with Gasteiger partial charge in [0.2, 0.25) is 0 Å². The average Bonchev–Trinajstić information content (AvgIpc) is 2.73. The minimum absolute atomic E-state index is 0.233. The lowest BCUT2D eigenvalue weighted by Gasteiger charge is -2.33. The first-order valence-corrected chi connectivity index (χ1v) is 7.25. The van der Waals surface area contributed by atoms with Crippen LogP contribution in [0, 0.1) is 5.92 Å². The van der Waals surface area contributed by atoms with Crippen molar-refractivity contribution in [3.05, 3.63) is 11.9 Å². The molecule has 1 aliphatic rings. The maximum atomic E-state index is 4.16. The molecule has 0 aliphatic carbocycles. The van der Waals surface area contributed by atoms with Crippen molar-refractivity contribution in [3.8, 4) is 0 Å². The van der Waals surface area contributed by atoms with Crippen molar-refractivity contribution in [3.63, 3.8) is 0 Å². The van der Waals surface area contributed by atoms with Gasteiger partial charge in [-0.1, -0.05) is 5.21 Å². The van der Waals surface area contributed by atoms with Crippen LogP contribution in [0.25, 0.3) is 0 Å². The summed E-state index contributed by atoms with van der Waals surface area (Å²) in [5.74, 6) is 0.817. The van der Waals surface area contributed by atoms with Gasteiger partial charge in [0, 0.05) is 25.3 Å². The van der Waals surface area contributed by atoms with Crippen molar-refractivity contribution in [2.75, 3.05) is 19.6 Å². The highest BCUT2D eigenvalue weighted by molar-refractivity contribution is 4.92. The van der Waals surface area contributed by atoms with E-state index in [0.717, 1.165) is 24.7 Å². The molecule has 0 unspecified atom stereocenters. The third-order valence-electron chi connectivity index (χ3n) is 3.66. The summed E-state index contributed by atoms with van der Waals surface area (Å²) in [6.45, 7) is 11.1. The Morgan fingerprint density at radius 1 is 1.32 bits per heavy atom. The summed E-state index contributed by atoms with van der Waals surface area (Å²) >= 11 is 0. The van der Waals surface area contributed by atoms with E-state index in [2.05, 4.69) is 41.3 Å². The summed E-state index contributed by atoms with van der Waals surface area (Å²) in [6.07, 6.45) is 4.57. The summed E-state index contributed by atoms with van der Waals surface area (Å²) in [6, 6.07) is 0. The Bertz CT molecular complexity index is 385. The molecule has 1 aromatic heterocycles. The van der Waals surface area contributed by atoms with Crippen LogP contribution in [-0.2, 0) is 13.6 Å². The normalized spacial score (nSPS) is 18.9. The van der Waals surface area contributed by atoms with Crippen molar-refractivity contribution in [1.82, 2.24) is 25.2 Å². The summed E-state index contributed by atoms with van der Waals surface area (Å²) < 4.78 is 1.77. The zero-order chi connectivity index (χ0) is 13.9. The summed E-state index contributed by atoms with van der Waals surface area (Å²) in [4.78, 5) is 2.48. The molecule has 1 aliphatic heterocycles. The smallest absolute Gasteiger partial charge is 0.0966 e. The van der Waals surface area contributed by atoms with Crippen molar-refractivity contribution < 1.29 is 0 Å². The third-order valence-corrected chi connectivity index (χ3v) is 3.66. The standard InChI is InChI=1S/C14H27N5/c1-14(2,3)15-9-12-5-7-19(8-6-12)11-13-10-18(4)17-16-13/h10,12,15H,5-9,11H2,1-4H3. The summed E-state index contributed by atoms with van der Waals surface area (Å²) in [7, 11) is 1.92. The molecule has 2 rings (SSSR count). The monoisotopic (exact) mass is 265 g/mol. The van der Waals surface area contributed by atoms with Gasteiger partial charge in [0.1, 0.15) is 0 Å². The molecule has 0 aromatic carbocycles. The Morgan fingerprint density at radius 3 is 2.53 bits per heavy atom. The van der Waals surface area contributed by atoms with E-state index in [4.69, 9.17) is 0 Å². The molecule has 0 spiro atoms. The topological polar surface area (TPSA) is 46.0 Å². The quantitative estimate of drug-likeness (QED) is 0.894. The number of hydrogen-bond acceptors (Lipinski definition) is 4. The maximum absolute atomic E-state index is 4.16. The Balaban J connectivity index is 1.70. The Kier molecular flexibility index (Phi) is 4.58. The Hall–Kier alpha value is -0.940. The van der Waals surface area contributed by atoms with E-state index in [1.54, 1.807) is 4.68 Å². The Morgan fingerprint density at radius 2 is 2.00 bits per heavy atom. The van der Waals surface area contributed by atoms with Crippen molar-refractivity contribution >= 4 is 0 Å². The lowest BCUT2D eigenvalue weighted by atomic mass is 9.95. The molecule has 1 aromatic rings. The second-order valence-corrected chi connectivity index (χ2v) is 6.73. The van der Waals surface area contributed by atoms with Gasteiger partial charge in [-0.05, 0) is 59.2 Å². The lowest BCUT2D eigenvalue weighted by Crippen LogP contribution is -2.42. The fraction of sp³-hybridized carbons (Fsp3) is 0.857. The largest absolute Gasteiger partial charge is 0.312 e. The van der Waals surface area contributed by atoms with Crippen molar-refractivity contribution in [2.24, 2.45) is 13.0 Å². The molecule has 0 atom stereocenters. The van der Waals surface area contributed by atoms with Crippen LogP contribution in [0.4, 0.5) is 0 Å². The molecule has 5 heteroatoms. The highest BCUT2D eigenvalue weighted by Gasteiger charge is 2.21. The molecule has 0 bridgehead atoms. The van der Waals surface area contributed by atoms with Gasteiger partial charge in [-0.3, -0.25) is 9.58 Å². The van der Waals surface area contributed by atoms with Crippen LogP contribution in [-0.4, -0.2) is 45.1 Å². The van der Waals surface area contributed by atoms with E-state index in [1.807, 2.05) is 13.2 Å². The molecule has 2 heterocycles. The molecule has 1 N–H and O–H groups in total. The van der Waals surface area contributed by atoms with Gasteiger partial charge >= 0.3 is 0 Å². The van der Waals surface area contributed by atoms with Gasteiger partial charge in [0.15, 0.2) is 0 Å². The molecular weight excluding hydrogens is 238 g/mol. The van der Waals surface area contributed by atoms with Crippen LogP contribution >= 0.6 is 0 Å². The van der Waals surface area contributed by atoms with Crippen LogP contribution in [0.2, 0.25) is 0 Å². The van der Waals surface area contributed by atoms with E-state index in [0.29, 0.717) is 0 Å². The van der Waals surface area contributed by atoms with Crippen LogP contribution in [0.1, 0.15) is 39.3 Å². The SMILES string of the molecule is Cn1cc(CN2CCC(CNC(C)(C)C)CC2)nn1. The number of hydrogen-bond donors (Lipinski definition) is 1. The van der Waals surface area contributed by atoms with Gasteiger partial charge in [0.05, 0.1) is 5.69 Å². The first-order valence-electron chi connectivity index (χ1n) is 7.25. The van der Waals surface area contributed by atoms with Gasteiger partial charge in [-0.2, -0.15) is 0 Å². The molecule has 5 nitrogen and oxygen atoms in total. The highest BCUT2D eigenvalue weighted by atomic mass is 15.4. The minimum Gasteiger partial charge on any atom is -0.312 e. The predicted molar refractivity (Wildman–Crippen MR) is 76.8 cm³/mol. The number of aromatic nitrogens is 3. The van der Waals surface area contributed by atoms with E-state index >= 15 is 0 Å². The number of likely N-dealkylation sites (tertiary alicyclic amines) is 1. The number of nitrogens with zero attached hydrogens (tertiary/aromatic N) is 4. The first-order chi connectivity index (χ1) is 8.92. The summed E-state index contributed by atoms with van der Waals surface area (Å²) in [5, 5.41) is 11.8. The maximum Gasteiger partial charge on any atom is 0.0966 e. The van der Waals surface area contributed by atoms with Crippen molar-refractivity contribution in [1.29, 1.82) is 0 Å². The third kappa shape index (κ3) is 4.91. The molecule has 0 amide bonds.